The predicted octanol–water partition coefficient (Wildman–Crippen LogP) is 3.61. The van der Waals surface area contributed by atoms with Crippen molar-refractivity contribution in [1.29, 1.82) is 0 Å². The second kappa shape index (κ2) is 8.16. The van der Waals surface area contributed by atoms with Crippen LogP contribution in [0.25, 0.3) is 17.0 Å². The zero-order valence-corrected chi connectivity index (χ0v) is 17.8. The number of urea groups is 1. The lowest BCUT2D eigenvalue weighted by Gasteiger charge is -2.09. The molecule has 0 fully saturated rings. The van der Waals surface area contributed by atoms with E-state index in [0.717, 1.165) is 27.9 Å². The highest BCUT2D eigenvalue weighted by molar-refractivity contribution is 6.16. The lowest BCUT2D eigenvalue weighted by Crippen LogP contribution is -2.24. The average molecular weight is 420 g/mol. The number of carbonyl (C=O) groups excluding carboxylic acids is 2. The normalized spacial score (nSPS) is 14.1. The molecule has 1 aliphatic heterocycles. The molecule has 0 saturated heterocycles. The number of hydrogen-bond donors (Lipinski definition) is 3. The largest absolute Gasteiger partial charge is 0.497 e. The second-order valence-electron chi connectivity index (χ2n) is 7.52. The highest BCUT2D eigenvalue weighted by atomic mass is 16.5. The Hall–Kier alpha value is -3.78. The average Bonchev–Trinajstić information content (AvgIpc) is 3.24. The van der Waals surface area contributed by atoms with Gasteiger partial charge in [-0.15, -0.1) is 0 Å². The standard InChI is InChI=1S/C23H24N4O4/c1-24-23(29)25-13-5-8-20-17(9-13)22(28)21(31-20)11-16-15-10-14(30-4)6-7-18(15)26-19(16)12-27(2)3/h5-11,26H,12H2,1-4H3,(H2,24,25,29)/b21-11-. The minimum Gasteiger partial charge on any atom is -0.497 e. The predicted molar refractivity (Wildman–Crippen MR) is 120 cm³/mol. The zero-order valence-electron chi connectivity index (χ0n) is 17.8. The molecule has 3 aromatic rings. The fraction of sp³-hybridized carbons (Fsp3) is 0.217. The van der Waals surface area contributed by atoms with Crippen LogP contribution >= 0.6 is 0 Å². The zero-order chi connectivity index (χ0) is 22.1. The summed E-state index contributed by atoms with van der Waals surface area (Å²) in [4.78, 5) is 30.1. The van der Waals surface area contributed by atoms with Crippen molar-refractivity contribution in [3.05, 3.63) is 59.0 Å². The van der Waals surface area contributed by atoms with Crippen LogP contribution in [0.4, 0.5) is 10.5 Å². The monoisotopic (exact) mass is 420 g/mol. The maximum absolute atomic E-state index is 13.1. The molecule has 0 saturated carbocycles. The van der Waals surface area contributed by atoms with Gasteiger partial charge in [0, 0.05) is 41.4 Å². The Morgan fingerprint density at radius 1 is 1.23 bits per heavy atom. The van der Waals surface area contributed by atoms with Gasteiger partial charge in [0.15, 0.2) is 5.76 Å². The number of hydrogen-bond acceptors (Lipinski definition) is 5. The number of H-pyrrole nitrogens is 1. The summed E-state index contributed by atoms with van der Waals surface area (Å²) in [6.45, 7) is 0.664. The molecule has 0 radical (unpaired) electrons. The summed E-state index contributed by atoms with van der Waals surface area (Å²) in [6, 6.07) is 10.4. The summed E-state index contributed by atoms with van der Waals surface area (Å²) in [5.41, 5.74) is 3.72. The number of aromatic amines is 1. The van der Waals surface area contributed by atoms with Gasteiger partial charge in [0.25, 0.3) is 0 Å². The van der Waals surface area contributed by atoms with E-state index in [0.29, 0.717) is 23.5 Å². The van der Waals surface area contributed by atoms with E-state index < -0.39 is 0 Å². The minimum atomic E-state index is -0.358. The molecule has 0 bridgehead atoms. The van der Waals surface area contributed by atoms with E-state index in [2.05, 4.69) is 15.6 Å². The molecular weight excluding hydrogens is 396 g/mol. The molecule has 160 valence electrons. The molecule has 1 aromatic heterocycles. The fourth-order valence-electron chi connectivity index (χ4n) is 3.57. The Kier molecular flexibility index (Phi) is 5.39. The van der Waals surface area contributed by atoms with Crippen LogP contribution in [-0.4, -0.2) is 50.0 Å². The summed E-state index contributed by atoms with van der Waals surface area (Å²) in [7, 11) is 7.12. The number of nitrogens with one attached hydrogen (secondary N) is 3. The summed E-state index contributed by atoms with van der Waals surface area (Å²) in [5, 5.41) is 6.09. The number of ketones is 1. The molecule has 0 spiro atoms. The molecule has 0 unspecified atom stereocenters. The molecule has 8 nitrogen and oxygen atoms in total. The molecule has 2 aromatic carbocycles. The minimum absolute atomic E-state index is 0.232. The number of aromatic nitrogens is 1. The molecule has 0 atom stereocenters. The third-order valence-corrected chi connectivity index (χ3v) is 5.03. The van der Waals surface area contributed by atoms with Crippen molar-refractivity contribution in [3.63, 3.8) is 0 Å². The summed E-state index contributed by atoms with van der Waals surface area (Å²) in [6.07, 6.45) is 1.77. The molecule has 3 N–H and O–H groups in total. The first-order valence-electron chi connectivity index (χ1n) is 9.80. The number of allylic oxidation sites excluding steroid dienone is 1. The first-order chi connectivity index (χ1) is 14.9. The second-order valence-corrected chi connectivity index (χ2v) is 7.52. The van der Waals surface area contributed by atoms with Crippen molar-refractivity contribution < 1.29 is 19.1 Å². The van der Waals surface area contributed by atoms with Gasteiger partial charge in [0.2, 0.25) is 5.78 Å². The van der Waals surface area contributed by atoms with E-state index >= 15 is 0 Å². The van der Waals surface area contributed by atoms with Gasteiger partial charge in [-0.25, -0.2) is 4.79 Å². The number of anilines is 1. The smallest absolute Gasteiger partial charge is 0.318 e. The number of methoxy groups -OCH3 is 1. The Morgan fingerprint density at radius 2 is 2.03 bits per heavy atom. The van der Waals surface area contributed by atoms with Crippen LogP contribution in [0.5, 0.6) is 11.5 Å². The number of rotatable bonds is 5. The molecule has 2 heterocycles. The first kappa shape index (κ1) is 20.5. The van der Waals surface area contributed by atoms with E-state index in [1.165, 1.54) is 7.05 Å². The SMILES string of the molecule is CNC(=O)Nc1ccc2c(c1)C(=O)/C(=C/c1c(CN(C)C)[nH]c3ccc(OC)cc13)O2. The lowest BCUT2D eigenvalue weighted by molar-refractivity contribution is 0.101. The third-order valence-electron chi connectivity index (χ3n) is 5.03. The van der Waals surface area contributed by atoms with Crippen LogP contribution in [0.3, 0.4) is 0 Å². The maximum Gasteiger partial charge on any atom is 0.318 e. The highest BCUT2D eigenvalue weighted by Gasteiger charge is 2.28. The van der Waals surface area contributed by atoms with Crippen molar-refractivity contribution in [2.24, 2.45) is 0 Å². The van der Waals surface area contributed by atoms with Crippen LogP contribution in [-0.2, 0) is 6.54 Å². The van der Waals surface area contributed by atoms with Crippen molar-refractivity contribution in [2.75, 3.05) is 33.6 Å². The number of carbonyl (C=O) groups is 2. The molecule has 4 rings (SSSR count). The van der Waals surface area contributed by atoms with Gasteiger partial charge in [-0.05, 0) is 56.6 Å². The number of amides is 2. The molecular formula is C23H24N4O4. The van der Waals surface area contributed by atoms with Gasteiger partial charge in [0.1, 0.15) is 11.5 Å². The fourth-order valence-corrected chi connectivity index (χ4v) is 3.57. The van der Waals surface area contributed by atoms with Gasteiger partial charge >= 0.3 is 6.03 Å². The van der Waals surface area contributed by atoms with E-state index in [-0.39, 0.29) is 17.6 Å². The Morgan fingerprint density at radius 3 is 2.74 bits per heavy atom. The number of fused-ring (bicyclic) bond motifs is 2. The Labute approximate surface area is 179 Å². The summed E-state index contributed by atoms with van der Waals surface area (Å²) in [5.74, 6) is 1.19. The molecule has 0 aliphatic carbocycles. The third kappa shape index (κ3) is 3.97. The van der Waals surface area contributed by atoms with Crippen molar-refractivity contribution in [2.45, 2.75) is 6.54 Å². The Bertz CT molecular complexity index is 1210. The topological polar surface area (TPSA) is 95.7 Å². The first-order valence-corrected chi connectivity index (χ1v) is 9.80. The van der Waals surface area contributed by atoms with Gasteiger partial charge in [0.05, 0.1) is 12.7 Å². The molecule has 2 amide bonds. The number of Topliss-reactive ketones (excluding diaryl/α,β-unsaturated/α-hetero) is 1. The summed E-state index contributed by atoms with van der Waals surface area (Å²) < 4.78 is 11.2. The van der Waals surface area contributed by atoms with Crippen LogP contribution in [0.1, 0.15) is 21.6 Å². The van der Waals surface area contributed by atoms with Crippen molar-refractivity contribution in [3.8, 4) is 11.5 Å². The maximum atomic E-state index is 13.1. The van der Waals surface area contributed by atoms with Crippen molar-refractivity contribution in [1.82, 2.24) is 15.2 Å². The van der Waals surface area contributed by atoms with Crippen molar-refractivity contribution >= 4 is 34.5 Å². The molecule has 8 heteroatoms. The van der Waals surface area contributed by atoms with Gasteiger partial charge < -0.3 is 30.0 Å². The van der Waals surface area contributed by atoms with Gasteiger partial charge in [-0.2, -0.15) is 0 Å². The number of nitrogens with zero attached hydrogens (tertiary/aromatic N) is 1. The molecule has 1 aliphatic rings. The van der Waals surface area contributed by atoms with Gasteiger partial charge in [-0.1, -0.05) is 0 Å². The van der Waals surface area contributed by atoms with Crippen LogP contribution in [0.15, 0.2) is 42.2 Å². The van der Waals surface area contributed by atoms with E-state index in [1.807, 2.05) is 37.2 Å². The summed E-state index contributed by atoms with van der Waals surface area (Å²) >= 11 is 0. The quantitative estimate of drug-likeness (QED) is 0.548. The highest BCUT2D eigenvalue weighted by Crippen LogP contribution is 2.36. The lowest BCUT2D eigenvalue weighted by atomic mass is 10.1. The van der Waals surface area contributed by atoms with Crippen LogP contribution in [0, 0.1) is 0 Å². The van der Waals surface area contributed by atoms with Gasteiger partial charge in [-0.3, -0.25) is 4.79 Å². The van der Waals surface area contributed by atoms with E-state index in [9.17, 15) is 9.59 Å². The number of benzene rings is 2. The van der Waals surface area contributed by atoms with E-state index in [4.69, 9.17) is 9.47 Å². The number of ether oxygens (including phenoxy) is 2. The molecule has 31 heavy (non-hydrogen) atoms. The van der Waals surface area contributed by atoms with Crippen LogP contribution < -0.4 is 20.1 Å². The van der Waals surface area contributed by atoms with Crippen LogP contribution in [0.2, 0.25) is 0 Å². The Balaban J connectivity index is 1.75. The van der Waals surface area contributed by atoms with E-state index in [1.54, 1.807) is 31.4 Å².